The SMILES string of the molecule is CC(C)c1nc(-c2cccc(Cl)c2)c(N)n1C(C)(C)C. The molecule has 0 saturated heterocycles. The molecular weight excluding hydrogens is 270 g/mol. The van der Waals surface area contributed by atoms with E-state index in [9.17, 15) is 0 Å². The van der Waals surface area contributed by atoms with Crippen LogP contribution in [0.4, 0.5) is 5.82 Å². The van der Waals surface area contributed by atoms with Crippen molar-refractivity contribution in [2.24, 2.45) is 0 Å². The number of rotatable bonds is 2. The van der Waals surface area contributed by atoms with Gasteiger partial charge in [-0.1, -0.05) is 37.6 Å². The molecule has 0 unspecified atom stereocenters. The van der Waals surface area contributed by atoms with Crippen LogP contribution < -0.4 is 5.73 Å². The van der Waals surface area contributed by atoms with Crippen LogP contribution in [0.25, 0.3) is 11.3 Å². The second-order valence-electron chi connectivity index (χ2n) is 6.38. The number of nitrogens with zero attached hydrogens (tertiary/aromatic N) is 2. The zero-order valence-corrected chi connectivity index (χ0v) is 13.5. The summed E-state index contributed by atoms with van der Waals surface area (Å²) >= 11 is 6.07. The van der Waals surface area contributed by atoms with Crippen LogP contribution in [-0.2, 0) is 5.54 Å². The van der Waals surface area contributed by atoms with Gasteiger partial charge in [0, 0.05) is 22.0 Å². The fraction of sp³-hybridized carbons (Fsp3) is 0.438. The number of anilines is 1. The molecule has 0 spiro atoms. The van der Waals surface area contributed by atoms with Crippen molar-refractivity contribution in [1.82, 2.24) is 9.55 Å². The van der Waals surface area contributed by atoms with Crippen LogP contribution in [0.3, 0.4) is 0 Å². The molecule has 0 aliphatic carbocycles. The third-order valence-corrected chi connectivity index (χ3v) is 3.46. The number of nitrogens with two attached hydrogens (primary N) is 1. The number of nitrogen functional groups attached to an aromatic ring is 1. The molecule has 0 saturated carbocycles. The van der Waals surface area contributed by atoms with Gasteiger partial charge in [-0.05, 0) is 32.9 Å². The van der Waals surface area contributed by atoms with Gasteiger partial charge in [-0.3, -0.25) is 0 Å². The first-order valence-electron chi connectivity index (χ1n) is 6.86. The van der Waals surface area contributed by atoms with Gasteiger partial charge in [0.15, 0.2) is 0 Å². The van der Waals surface area contributed by atoms with E-state index in [2.05, 4.69) is 39.2 Å². The quantitative estimate of drug-likeness (QED) is 0.874. The molecule has 1 aromatic carbocycles. The molecule has 0 atom stereocenters. The Labute approximate surface area is 125 Å². The Bertz CT molecular complexity index is 621. The zero-order valence-electron chi connectivity index (χ0n) is 12.7. The molecule has 0 aliphatic heterocycles. The van der Waals surface area contributed by atoms with E-state index in [4.69, 9.17) is 22.3 Å². The Balaban J connectivity index is 2.68. The molecular formula is C16H22ClN3. The smallest absolute Gasteiger partial charge is 0.132 e. The lowest BCUT2D eigenvalue weighted by molar-refractivity contribution is 0.382. The van der Waals surface area contributed by atoms with Crippen LogP contribution >= 0.6 is 11.6 Å². The molecule has 2 rings (SSSR count). The van der Waals surface area contributed by atoms with E-state index in [1.807, 2.05) is 24.3 Å². The van der Waals surface area contributed by atoms with Gasteiger partial charge < -0.3 is 10.3 Å². The fourth-order valence-corrected chi connectivity index (χ4v) is 2.58. The normalized spacial score (nSPS) is 12.2. The second-order valence-corrected chi connectivity index (χ2v) is 6.81. The topological polar surface area (TPSA) is 43.8 Å². The maximum Gasteiger partial charge on any atom is 0.132 e. The van der Waals surface area contributed by atoms with Crippen molar-refractivity contribution in [2.45, 2.75) is 46.1 Å². The van der Waals surface area contributed by atoms with Gasteiger partial charge in [-0.25, -0.2) is 4.98 Å². The summed E-state index contributed by atoms with van der Waals surface area (Å²) in [5, 5.41) is 0.693. The molecule has 1 heterocycles. The highest BCUT2D eigenvalue weighted by Crippen LogP contribution is 2.34. The lowest BCUT2D eigenvalue weighted by Gasteiger charge is -2.26. The first-order valence-corrected chi connectivity index (χ1v) is 7.24. The molecule has 4 heteroatoms. The molecule has 0 fully saturated rings. The Hall–Kier alpha value is -1.48. The number of benzene rings is 1. The minimum absolute atomic E-state index is 0.104. The van der Waals surface area contributed by atoms with Crippen molar-refractivity contribution in [2.75, 3.05) is 5.73 Å². The van der Waals surface area contributed by atoms with E-state index in [0.717, 1.165) is 17.1 Å². The summed E-state index contributed by atoms with van der Waals surface area (Å²) < 4.78 is 2.12. The van der Waals surface area contributed by atoms with E-state index in [1.165, 1.54) is 0 Å². The van der Waals surface area contributed by atoms with Crippen LogP contribution in [0, 0.1) is 0 Å². The molecule has 0 radical (unpaired) electrons. The maximum atomic E-state index is 6.37. The summed E-state index contributed by atoms with van der Waals surface area (Å²) in [5.74, 6) is 2.01. The molecule has 2 N–H and O–H groups in total. The van der Waals surface area contributed by atoms with Crippen molar-refractivity contribution in [3.8, 4) is 11.3 Å². The predicted octanol–water partition coefficient (Wildman–Crippen LogP) is 4.66. The standard InChI is InChI=1S/C16H22ClN3/c1-10(2)15-19-13(11-7-6-8-12(17)9-11)14(18)20(15)16(3,4)5/h6-10H,18H2,1-5H3. The fourth-order valence-electron chi connectivity index (χ4n) is 2.39. The van der Waals surface area contributed by atoms with Gasteiger partial charge >= 0.3 is 0 Å². The molecule has 108 valence electrons. The summed E-state index contributed by atoms with van der Waals surface area (Å²) in [6.45, 7) is 10.7. The van der Waals surface area contributed by atoms with Crippen molar-refractivity contribution in [3.63, 3.8) is 0 Å². The van der Waals surface area contributed by atoms with Gasteiger partial charge in [-0.2, -0.15) is 0 Å². The van der Waals surface area contributed by atoms with Crippen LogP contribution in [0.1, 0.15) is 46.4 Å². The van der Waals surface area contributed by atoms with Gasteiger partial charge in [-0.15, -0.1) is 0 Å². The summed E-state index contributed by atoms with van der Waals surface area (Å²) in [4.78, 5) is 4.77. The van der Waals surface area contributed by atoms with E-state index < -0.39 is 0 Å². The maximum absolute atomic E-state index is 6.37. The number of hydrogen-bond acceptors (Lipinski definition) is 2. The lowest BCUT2D eigenvalue weighted by atomic mass is 10.1. The molecule has 0 aliphatic rings. The monoisotopic (exact) mass is 291 g/mol. The Morgan fingerprint density at radius 3 is 2.35 bits per heavy atom. The van der Waals surface area contributed by atoms with Gasteiger partial charge in [0.05, 0.1) is 0 Å². The summed E-state index contributed by atoms with van der Waals surface area (Å²) in [6.07, 6.45) is 0. The molecule has 20 heavy (non-hydrogen) atoms. The molecule has 0 bridgehead atoms. The summed E-state index contributed by atoms with van der Waals surface area (Å²) in [6, 6.07) is 7.66. The summed E-state index contributed by atoms with van der Waals surface area (Å²) in [7, 11) is 0. The van der Waals surface area contributed by atoms with Crippen molar-refractivity contribution in [1.29, 1.82) is 0 Å². The molecule has 3 nitrogen and oxygen atoms in total. The third-order valence-electron chi connectivity index (χ3n) is 3.22. The van der Waals surface area contributed by atoms with E-state index in [0.29, 0.717) is 16.8 Å². The van der Waals surface area contributed by atoms with Gasteiger partial charge in [0.2, 0.25) is 0 Å². The van der Waals surface area contributed by atoms with Crippen molar-refractivity contribution >= 4 is 17.4 Å². The van der Waals surface area contributed by atoms with Gasteiger partial charge in [0.25, 0.3) is 0 Å². The number of halogens is 1. The minimum Gasteiger partial charge on any atom is -0.383 e. The second kappa shape index (κ2) is 5.13. The van der Waals surface area contributed by atoms with Crippen molar-refractivity contribution < 1.29 is 0 Å². The first kappa shape index (κ1) is 14.9. The average molecular weight is 292 g/mol. The minimum atomic E-state index is -0.104. The lowest BCUT2D eigenvalue weighted by Crippen LogP contribution is -2.26. The Kier molecular flexibility index (Phi) is 3.83. The van der Waals surface area contributed by atoms with E-state index in [-0.39, 0.29) is 5.54 Å². The van der Waals surface area contributed by atoms with Gasteiger partial charge in [0.1, 0.15) is 17.3 Å². The molecule has 1 aromatic heterocycles. The predicted molar refractivity (Wildman–Crippen MR) is 86.2 cm³/mol. The van der Waals surface area contributed by atoms with Crippen LogP contribution in [0.2, 0.25) is 5.02 Å². The van der Waals surface area contributed by atoms with E-state index >= 15 is 0 Å². The highest BCUT2D eigenvalue weighted by molar-refractivity contribution is 6.30. The van der Waals surface area contributed by atoms with E-state index in [1.54, 1.807) is 0 Å². The molecule has 0 amide bonds. The zero-order chi connectivity index (χ0) is 15.1. The molecule has 2 aromatic rings. The number of aromatic nitrogens is 2. The first-order chi connectivity index (χ1) is 9.21. The Morgan fingerprint density at radius 2 is 1.90 bits per heavy atom. The summed E-state index contributed by atoms with van der Waals surface area (Å²) in [5.41, 5.74) is 8.03. The van der Waals surface area contributed by atoms with Crippen LogP contribution in [-0.4, -0.2) is 9.55 Å². The highest BCUT2D eigenvalue weighted by Gasteiger charge is 2.25. The third kappa shape index (κ3) is 2.68. The average Bonchev–Trinajstić information content (AvgIpc) is 2.66. The highest BCUT2D eigenvalue weighted by atomic mass is 35.5. The number of hydrogen-bond donors (Lipinski definition) is 1. The Morgan fingerprint density at radius 1 is 1.25 bits per heavy atom. The number of imidazole rings is 1. The van der Waals surface area contributed by atoms with Crippen LogP contribution in [0.15, 0.2) is 24.3 Å². The van der Waals surface area contributed by atoms with Crippen LogP contribution in [0.5, 0.6) is 0 Å². The largest absolute Gasteiger partial charge is 0.383 e. The van der Waals surface area contributed by atoms with Crippen molar-refractivity contribution in [3.05, 3.63) is 35.1 Å².